The standard InChI is InChI=1S/C19H25N3/c1-17(2)12-19(13-18(3,4)21-17)16-10-7-11-22(16)15-9-6-5-8-14(15)20-19/h5-11,20-21H,12-13H2,1-4H3. The van der Waals surface area contributed by atoms with E-state index in [0.717, 1.165) is 12.8 Å². The molecule has 0 amide bonds. The van der Waals surface area contributed by atoms with Crippen LogP contribution < -0.4 is 10.6 Å². The Labute approximate surface area is 132 Å². The van der Waals surface area contributed by atoms with Crippen molar-refractivity contribution in [1.29, 1.82) is 0 Å². The van der Waals surface area contributed by atoms with Crippen molar-refractivity contribution >= 4 is 5.69 Å². The van der Waals surface area contributed by atoms with Gasteiger partial charge < -0.3 is 15.2 Å². The van der Waals surface area contributed by atoms with E-state index in [4.69, 9.17) is 0 Å². The molecular weight excluding hydrogens is 270 g/mol. The van der Waals surface area contributed by atoms with Gasteiger partial charge in [-0.3, -0.25) is 0 Å². The van der Waals surface area contributed by atoms with Crippen LogP contribution in [-0.4, -0.2) is 15.6 Å². The average Bonchev–Trinajstić information content (AvgIpc) is 2.85. The molecule has 2 N–H and O–H groups in total. The smallest absolute Gasteiger partial charge is 0.0814 e. The van der Waals surface area contributed by atoms with Crippen molar-refractivity contribution in [2.75, 3.05) is 5.32 Å². The number of piperidine rings is 1. The zero-order chi connectivity index (χ0) is 15.6. The number of hydrogen-bond donors (Lipinski definition) is 2. The number of anilines is 1. The highest BCUT2D eigenvalue weighted by Crippen LogP contribution is 2.48. The molecule has 0 bridgehead atoms. The molecule has 1 aromatic carbocycles. The van der Waals surface area contributed by atoms with Crippen molar-refractivity contribution < 1.29 is 0 Å². The molecule has 1 spiro atoms. The van der Waals surface area contributed by atoms with E-state index in [1.165, 1.54) is 17.1 Å². The van der Waals surface area contributed by atoms with Crippen LogP contribution in [-0.2, 0) is 5.54 Å². The van der Waals surface area contributed by atoms with Crippen LogP contribution in [0.15, 0.2) is 42.6 Å². The molecule has 116 valence electrons. The largest absolute Gasteiger partial charge is 0.372 e. The molecule has 2 aromatic rings. The summed E-state index contributed by atoms with van der Waals surface area (Å²) in [5.41, 5.74) is 4.04. The third kappa shape index (κ3) is 1.99. The summed E-state index contributed by atoms with van der Waals surface area (Å²) in [4.78, 5) is 0. The van der Waals surface area contributed by atoms with Crippen LogP contribution in [0.3, 0.4) is 0 Å². The number of para-hydroxylation sites is 2. The summed E-state index contributed by atoms with van der Waals surface area (Å²) in [5.74, 6) is 0. The third-order valence-electron chi connectivity index (χ3n) is 4.94. The van der Waals surface area contributed by atoms with E-state index < -0.39 is 0 Å². The van der Waals surface area contributed by atoms with E-state index >= 15 is 0 Å². The highest BCUT2D eigenvalue weighted by molar-refractivity contribution is 5.67. The highest BCUT2D eigenvalue weighted by Gasteiger charge is 2.50. The van der Waals surface area contributed by atoms with Gasteiger partial charge in [0.15, 0.2) is 0 Å². The Hall–Kier alpha value is -1.74. The molecule has 1 saturated heterocycles. The molecule has 0 aliphatic carbocycles. The summed E-state index contributed by atoms with van der Waals surface area (Å²) in [6.45, 7) is 9.24. The zero-order valence-electron chi connectivity index (χ0n) is 13.9. The molecule has 1 aromatic heterocycles. The van der Waals surface area contributed by atoms with E-state index in [2.05, 4.69) is 85.5 Å². The zero-order valence-corrected chi connectivity index (χ0v) is 13.9. The number of fused-ring (bicyclic) bond motifs is 4. The van der Waals surface area contributed by atoms with Crippen molar-refractivity contribution in [1.82, 2.24) is 9.88 Å². The Morgan fingerprint density at radius 2 is 1.59 bits per heavy atom. The first-order valence-electron chi connectivity index (χ1n) is 8.15. The Kier molecular flexibility index (Phi) is 2.63. The fourth-order valence-electron chi connectivity index (χ4n) is 4.94. The summed E-state index contributed by atoms with van der Waals surface area (Å²) < 4.78 is 2.36. The second-order valence-electron chi connectivity index (χ2n) is 8.23. The van der Waals surface area contributed by atoms with Crippen molar-refractivity contribution in [3.05, 3.63) is 48.3 Å². The first-order valence-corrected chi connectivity index (χ1v) is 8.15. The number of nitrogens with zero attached hydrogens (tertiary/aromatic N) is 1. The minimum Gasteiger partial charge on any atom is -0.372 e. The van der Waals surface area contributed by atoms with E-state index in [0.29, 0.717) is 0 Å². The van der Waals surface area contributed by atoms with Crippen molar-refractivity contribution in [3.8, 4) is 5.69 Å². The van der Waals surface area contributed by atoms with Crippen LogP contribution in [0.2, 0.25) is 0 Å². The van der Waals surface area contributed by atoms with Crippen LogP contribution >= 0.6 is 0 Å². The monoisotopic (exact) mass is 295 g/mol. The van der Waals surface area contributed by atoms with Crippen molar-refractivity contribution in [2.45, 2.75) is 57.2 Å². The van der Waals surface area contributed by atoms with Gasteiger partial charge in [-0.1, -0.05) is 12.1 Å². The predicted octanol–water partition coefficient (Wildman–Crippen LogP) is 4.04. The Morgan fingerprint density at radius 3 is 2.32 bits per heavy atom. The predicted molar refractivity (Wildman–Crippen MR) is 91.6 cm³/mol. The number of benzene rings is 1. The lowest BCUT2D eigenvalue weighted by Crippen LogP contribution is -2.65. The lowest BCUT2D eigenvalue weighted by atomic mass is 9.68. The summed E-state index contributed by atoms with van der Waals surface area (Å²) in [6.07, 6.45) is 4.34. The minimum atomic E-state index is -0.0178. The molecule has 22 heavy (non-hydrogen) atoms. The Balaban J connectivity index is 1.91. The van der Waals surface area contributed by atoms with Crippen LogP contribution in [0.5, 0.6) is 0 Å². The van der Waals surface area contributed by atoms with Gasteiger partial charge in [-0.2, -0.15) is 0 Å². The van der Waals surface area contributed by atoms with Crippen molar-refractivity contribution in [2.24, 2.45) is 0 Å². The molecule has 0 atom stereocenters. The van der Waals surface area contributed by atoms with Gasteiger partial charge in [0.2, 0.25) is 0 Å². The van der Waals surface area contributed by atoms with E-state index in [-0.39, 0.29) is 16.6 Å². The van der Waals surface area contributed by atoms with Crippen LogP contribution in [0, 0.1) is 0 Å². The minimum absolute atomic E-state index is 0.0178. The molecule has 3 nitrogen and oxygen atoms in total. The van der Waals surface area contributed by atoms with Gasteiger partial charge in [0.1, 0.15) is 0 Å². The summed E-state index contributed by atoms with van der Waals surface area (Å²) in [5, 5.41) is 7.71. The van der Waals surface area contributed by atoms with Gasteiger partial charge in [0.25, 0.3) is 0 Å². The van der Waals surface area contributed by atoms with E-state index in [1.54, 1.807) is 0 Å². The van der Waals surface area contributed by atoms with Crippen molar-refractivity contribution in [3.63, 3.8) is 0 Å². The average molecular weight is 295 g/mol. The maximum absolute atomic E-state index is 3.91. The molecule has 4 rings (SSSR count). The molecule has 1 fully saturated rings. The molecule has 2 aliphatic heterocycles. The molecular formula is C19H25N3. The number of nitrogens with one attached hydrogen (secondary N) is 2. The molecule has 3 heterocycles. The van der Waals surface area contributed by atoms with Gasteiger partial charge in [-0.05, 0) is 64.8 Å². The highest BCUT2D eigenvalue weighted by atomic mass is 15.2. The normalized spacial score (nSPS) is 23.5. The first-order chi connectivity index (χ1) is 10.3. The van der Waals surface area contributed by atoms with Gasteiger partial charge in [-0.25, -0.2) is 0 Å². The second kappa shape index (κ2) is 4.17. The molecule has 0 saturated carbocycles. The molecule has 3 heteroatoms. The fraction of sp³-hybridized carbons (Fsp3) is 0.474. The van der Waals surface area contributed by atoms with Gasteiger partial charge in [0.05, 0.1) is 16.9 Å². The molecule has 0 radical (unpaired) electrons. The number of aromatic nitrogens is 1. The third-order valence-corrected chi connectivity index (χ3v) is 4.94. The maximum atomic E-state index is 3.91. The maximum Gasteiger partial charge on any atom is 0.0814 e. The molecule has 2 aliphatic rings. The van der Waals surface area contributed by atoms with Gasteiger partial charge >= 0.3 is 0 Å². The number of hydrogen-bond acceptors (Lipinski definition) is 2. The lowest BCUT2D eigenvalue weighted by Gasteiger charge is -2.55. The quantitative estimate of drug-likeness (QED) is 0.768. The fourth-order valence-corrected chi connectivity index (χ4v) is 4.94. The van der Waals surface area contributed by atoms with Crippen LogP contribution in [0.25, 0.3) is 5.69 Å². The van der Waals surface area contributed by atoms with Crippen LogP contribution in [0.1, 0.15) is 46.2 Å². The Bertz CT molecular complexity index is 708. The lowest BCUT2D eigenvalue weighted by molar-refractivity contribution is 0.112. The van der Waals surface area contributed by atoms with Gasteiger partial charge in [0, 0.05) is 23.0 Å². The number of rotatable bonds is 0. The van der Waals surface area contributed by atoms with E-state index in [1.807, 2.05) is 0 Å². The second-order valence-corrected chi connectivity index (χ2v) is 8.23. The summed E-state index contributed by atoms with van der Waals surface area (Å²) in [7, 11) is 0. The topological polar surface area (TPSA) is 29.0 Å². The van der Waals surface area contributed by atoms with E-state index in [9.17, 15) is 0 Å². The first kappa shape index (κ1) is 13.9. The SMILES string of the molecule is CC1(C)CC2(CC(C)(C)N1)Nc1ccccc1-n1cccc12. The van der Waals surface area contributed by atoms with Gasteiger partial charge in [-0.15, -0.1) is 0 Å². The summed E-state index contributed by atoms with van der Waals surface area (Å²) >= 11 is 0. The van der Waals surface area contributed by atoms with Crippen LogP contribution in [0.4, 0.5) is 5.69 Å². The Morgan fingerprint density at radius 1 is 0.909 bits per heavy atom. The summed E-state index contributed by atoms with van der Waals surface area (Å²) in [6, 6.07) is 13.1. The molecule has 0 unspecified atom stereocenters.